The smallest absolute Gasteiger partial charge is 0.243 e. The van der Waals surface area contributed by atoms with Crippen LogP contribution in [0.25, 0.3) is 0 Å². The highest BCUT2D eigenvalue weighted by Crippen LogP contribution is 2.24. The summed E-state index contributed by atoms with van der Waals surface area (Å²) in [5.41, 5.74) is 4.46. The van der Waals surface area contributed by atoms with Crippen molar-refractivity contribution >= 4 is 11.6 Å². The summed E-state index contributed by atoms with van der Waals surface area (Å²) in [5.74, 6) is -1.24. The molecule has 1 rings (SSSR count). The van der Waals surface area contributed by atoms with Gasteiger partial charge in [0.2, 0.25) is 5.91 Å². The van der Waals surface area contributed by atoms with E-state index in [-0.39, 0.29) is 11.4 Å². The number of hydrogen-bond donors (Lipinski definition) is 3. The molecule has 0 aromatic heterocycles. The van der Waals surface area contributed by atoms with Gasteiger partial charge < -0.3 is 16.2 Å². The molecule has 5 heteroatoms. The van der Waals surface area contributed by atoms with Crippen LogP contribution in [0.2, 0.25) is 0 Å². The van der Waals surface area contributed by atoms with Crippen molar-refractivity contribution in [2.45, 2.75) is 19.4 Å². The summed E-state index contributed by atoms with van der Waals surface area (Å²) in [6.45, 7) is 3.03. The Kier molecular flexibility index (Phi) is 2.95. The van der Waals surface area contributed by atoms with Gasteiger partial charge in [-0.1, -0.05) is 0 Å². The zero-order valence-electron chi connectivity index (χ0n) is 8.54. The predicted octanol–water partition coefficient (Wildman–Crippen LogP) is 1.21. The Morgan fingerprint density at radius 3 is 2.67 bits per heavy atom. The van der Waals surface area contributed by atoms with Crippen molar-refractivity contribution in [3.63, 3.8) is 0 Å². The number of carbonyl (C=O) groups is 1. The fourth-order valence-corrected chi connectivity index (χ4v) is 0.892. The molecule has 0 aliphatic rings. The van der Waals surface area contributed by atoms with E-state index in [0.717, 1.165) is 18.2 Å². The molecule has 4 nitrogen and oxygen atoms in total. The first-order chi connectivity index (χ1) is 6.80. The van der Waals surface area contributed by atoms with Gasteiger partial charge in [0.15, 0.2) is 0 Å². The Morgan fingerprint density at radius 2 is 2.13 bits per heavy atom. The molecule has 0 radical (unpaired) electrons. The molecule has 15 heavy (non-hydrogen) atoms. The zero-order valence-corrected chi connectivity index (χ0v) is 8.54. The molecule has 1 amide bonds. The number of rotatable bonds is 2. The lowest BCUT2D eigenvalue weighted by molar-refractivity contribution is -0.120. The van der Waals surface area contributed by atoms with Crippen molar-refractivity contribution in [3.8, 4) is 5.75 Å². The van der Waals surface area contributed by atoms with Crippen LogP contribution in [0.3, 0.4) is 0 Å². The fraction of sp³-hybridized carbons (Fsp3) is 0.300. The molecule has 82 valence electrons. The summed E-state index contributed by atoms with van der Waals surface area (Å²) in [6.07, 6.45) is 0. The monoisotopic (exact) mass is 212 g/mol. The van der Waals surface area contributed by atoms with Gasteiger partial charge in [-0.2, -0.15) is 0 Å². The van der Waals surface area contributed by atoms with Crippen molar-refractivity contribution in [3.05, 3.63) is 24.0 Å². The van der Waals surface area contributed by atoms with Gasteiger partial charge >= 0.3 is 0 Å². The topological polar surface area (TPSA) is 75.4 Å². The summed E-state index contributed by atoms with van der Waals surface area (Å²) >= 11 is 0. The molecule has 0 saturated heterocycles. The number of carbonyl (C=O) groups excluding carboxylic acids is 1. The molecule has 0 bridgehead atoms. The zero-order chi connectivity index (χ0) is 11.6. The second-order valence-electron chi connectivity index (χ2n) is 3.84. The number of phenolic OH excluding ortho intramolecular Hbond substituents is 1. The molecule has 0 spiro atoms. The Bertz CT molecular complexity index is 385. The molecule has 0 fully saturated rings. The summed E-state index contributed by atoms with van der Waals surface area (Å²) < 4.78 is 12.8. The number of nitrogens with two attached hydrogens (primary N) is 1. The minimum atomic E-state index is -1.08. The van der Waals surface area contributed by atoms with Crippen LogP contribution >= 0.6 is 0 Å². The SMILES string of the molecule is CC(C)(N)C(=O)Nc1cc(F)ccc1O. The maximum absolute atomic E-state index is 12.8. The van der Waals surface area contributed by atoms with Gasteiger partial charge in [-0.05, 0) is 26.0 Å². The lowest BCUT2D eigenvalue weighted by Crippen LogP contribution is -2.45. The third-order valence-electron chi connectivity index (χ3n) is 1.79. The highest BCUT2D eigenvalue weighted by atomic mass is 19.1. The average molecular weight is 212 g/mol. The number of benzene rings is 1. The number of hydrogen-bond acceptors (Lipinski definition) is 3. The first kappa shape index (κ1) is 11.5. The van der Waals surface area contributed by atoms with E-state index in [1.807, 2.05) is 0 Å². The largest absolute Gasteiger partial charge is 0.506 e. The molecule has 0 heterocycles. The molecule has 0 aliphatic heterocycles. The van der Waals surface area contributed by atoms with Crippen LogP contribution in [-0.4, -0.2) is 16.6 Å². The second kappa shape index (κ2) is 3.86. The number of nitrogens with one attached hydrogen (secondary N) is 1. The van der Waals surface area contributed by atoms with Crippen LogP contribution in [0.4, 0.5) is 10.1 Å². The van der Waals surface area contributed by atoms with Crippen LogP contribution < -0.4 is 11.1 Å². The highest BCUT2D eigenvalue weighted by Gasteiger charge is 2.22. The highest BCUT2D eigenvalue weighted by molar-refractivity contribution is 5.98. The number of halogens is 1. The van der Waals surface area contributed by atoms with Crippen molar-refractivity contribution in [2.75, 3.05) is 5.32 Å². The quantitative estimate of drug-likeness (QED) is 0.645. The molecule has 0 saturated carbocycles. The van der Waals surface area contributed by atoms with E-state index in [0.29, 0.717) is 0 Å². The van der Waals surface area contributed by atoms with Crippen LogP contribution in [0.5, 0.6) is 5.75 Å². The molecule has 1 aromatic carbocycles. The summed E-state index contributed by atoms with van der Waals surface area (Å²) in [4.78, 5) is 11.4. The number of aromatic hydroxyl groups is 1. The normalized spacial score (nSPS) is 11.2. The lowest BCUT2D eigenvalue weighted by Gasteiger charge is -2.18. The Hall–Kier alpha value is -1.62. The standard InChI is InChI=1S/C10H13FN2O2/c1-10(2,12)9(15)13-7-5-6(11)3-4-8(7)14/h3-5,14H,12H2,1-2H3,(H,13,15). The Labute approximate surface area is 86.9 Å². The van der Waals surface area contributed by atoms with Crippen molar-refractivity contribution in [1.29, 1.82) is 0 Å². The molecule has 4 N–H and O–H groups in total. The van der Waals surface area contributed by atoms with E-state index in [1.165, 1.54) is 13.8 Å². The van der Waals surface area contributed by atoms with E-state index in [9.17, 15) is 14.3 Å². The first-order valence-electron chi connectivity index (χ1n) is 4.39. The molecule has 0 unspecified atom stereocenters. The Balaban J connectivity index is 2.90. The molecular weight excluding hydrogens is 199 g/mol. The molecule has 1 aromatic rings. The van der Waals surface area contributed by atoms with Crippen LogP contribution in [0, 0.1) is 5.82 Å². The van der Waals surface area contributed by atoms with Gasteiger partial charge in [-0.3, -0.25) is 4.79 Å². The predicted molar refractivity (Wildman–Crippen MR) is 55.0 cm³/mol. The second-order valence-corrected chi connectivity index (χ2v) is 3.84. The molecular formula is C10H13FN2O2. The lowest BCUT2D eigenvalue weighted by atomic mass is 10.1. The number of amides is 1. The van der Waals surface area contributed by atoms with Crippen LogP contribution in [0.1, 0.15) is 13.8 Å². The third kappa shape index (κ3) is 2.92. The summed E-state index contributed by atoms with van der Waals surface area (Å²) in [6, 6.07) is 3.28. The maximum atomic E-state index is 12.8. The van der Waals surface area contributed by atoms with Gasteiger partial charge in [-0.25, -0.2) is 4.39 Å². The van der Waals surface area contributed by atoms with Crippen molar-refractivity contribution in [2.24, 2.45) is 5.73 Å². The average Bonchev–Trinajstić information content (AvgIpc) is 2.09. The van der Waals surface area contributed by atoms with E-state index in [2.05, 4.69) is 5.32 Å². The van der Waals surface area contributed by atoms with Gasteiger partial charge in [0.05, 0.1) is 11.2 Å². The van der Waals surface area contributed by atoms with Crippen LogP contribution in [0.15, 0.2) is 18.2 Å². The van der Waals surface area contributed by atoms with Crippen molar-refractivity contribution < 1.29 is 14.3 Å². The number of phenols is 1. The van der Waals surface area contributed by atoms with Gasteiger partial charge in [0, 0.05) is 6.07 Å². The number of anilines is 1. The van der Waals surface area contributed by atoms with Gasteiger partial charge in [0.25, 0.3) is 0 Å². The first-order valence-corrected chi connectivity index (χ1v) is 4.39. The summed E-state index contributed by atoms with van der Waals surface area (Å²) in [5, 5.41) is 11.7. The van der Waals surface area contributed by atoms with Crippen molar-refractivity contribution in [1.82, 2.24) is 0 Å². The third-order valence-corrected chi connectivity index (χ3v) is 1.79. The molecule has 0 aliphatic carbocycles. The van der Waals surface area contributed by atoms with Gasteiger partial charge in [-0.15, -0.1) is 0 Å². The van der Waals surface area contributed by atoms with Crippen LogP contribution in [-0.2, 0) is 4.79 Å². The van der Waals surface area contributed by atoms with E-state index < -0.39 is 17.3 Å². The Morgan fingerprint density at radius 1 is 1.53 bits per heavy atom. The minimum absolute atomic E-state index is 0.0125. The fourth-order valence-electron chi connectivity index (χ4n) is 0.892. The maximum Gasteiger partial charge on any atom is 0.243 e. The van der Waals surface area contributed by atoms with E-state index >= 15 is 0 Å². The van der Waals surface area contributed by atoms with E-state index in [4.69, 9.17) is 5.73 Å². The van der Waals surface area contributed by atoms with Gasteiger partial charge in [0.1, 0.15) is 11.6 Å². The summed E-state index contributed by atoms with van der Waals surface area (Å²) in [7, 11) is 0. The van der Waals surface area contributed by atoms with E-state index in [1.54, 1.807) is 0 Å². The molecule has 0 atom stereocenters. The minimum Gasteiger partial charge on any atom is -0.506 e.